The summed E-state index contributed by atoms with van der Waals surface area (Å²) in [6.45, 7) is 10.8. The normalized spacial score (nSPS) is 19.2. The smallest absolute Gasteiger partial charge is 0.475 e. The summed E-state index contributed by atoms with van der Waals surface area (Å²) in [5.41, 5.74) is 3.17. The van der Waals surface area contributed by atoms with Gasteiger partial charge in [0.15, 0.2) is 0 Å². The lowest BCUT2D eigenvalue weighted by Crippen LogP contribution is -2.58. The molecule has 1 aliphatic heterocycles. The number of carbonyl (C=O) groups is 3. The van der Waals surface area contributed by atoms with Gasteiger partial charge in [0.1, 0.15) is 0 Å². The van der Waals surface area contributed by atoms with E-state index in [-0.39, 0.29) is 18.0 Å². The van der Waals surface area contributed by atoms with Gasteiger partial charge in [-0.2, -0.15) is 13.2 Å². The Morgan fingerprint density at radius 2 is 1.56 bits per heavy atom. The van der Waals surface area contributed by atoms with E-state index >= 15 is 0 Å². The number of amides is 2. The van der Waals surface area contributed by atoms with Gasteiger partial charge in [-0.15, -0.1) is 0 Å². The second kappa shape index (κ2) is 11.8. The third-order valence-corrected chi connectivity index (χ3v) is 4.83. The molecule has 8 nitrogen and oxygen atoms in total. The van der Waals surface area contributed by atoms with Crippen molar-refractivity contribution in [2.75, 3.05) is 13.1 Å². The molecule has 3 N–H and O–H groups in total. The van der Waals surface area contributed by atoms with Crippen molar-refractivity contribution >= 4 is 17.8 Å². The number of hydrogen-bond donors (Lipinski definition) is 3. The number of piperazine rings is 1. The molecule has 1 aliphatic rings. The number of hydroxylamine groups is 1. The number of hydrogen-bond acceptors (Lipinski definition) is 5. The van der Waals surface area contributed by atoms with Gasteiger partial charge in [0.05, 0.1) is 0 Å². The van der Waals surface area contributed by atoms with Gasteiger partial charge in [0.2, 0.25) is 5.91 Å². The van der Waals surface area contributed by atoms with Gasteiger partial charge in [0, 0.05) is 43.7 Å². The molecule has 2 amide bonds. The highest BCUT2D eigenvalue weighted by Gasteiger charge is 2.38. The molecule has 1 fully saturated rings. The fourth-order valence-corrected chi connectivity index (χ4v) is 3.59. The van der Waals surface area contributed by atoms with Gasteiger partial charge in [0.25, 0.3) is 5.91 Å². The first-order chi connectivity index (χ1) is 14.8. The molecule has 180 valence electrons. The molecule has 0 bridgehead atoms. The first-order valence-corrected chi connectivity index (χ1v) is 10.1. The molecule has 1 heterocycles. The van der Waals surface area contributed by atoms with Crippen molar-refractivity contribution in [2.24, 2.45) is 5.92 Å². The van der Waals surface area contributed by atoms with Crippen molar-refractivity contribution in [2.45, 2.75) is 58.9 Å². The molecular formula is C21H30F3N3O5. The standard InChI is InChI=1S/C19H29N3O3.C2HF3O2/c1-13(2)9-18(23)22-14(3)10-21(11-15(22)4)12-16-5-7-17(8-6-16)19(24)20-25;3-2(4,5)1(6)7/h5-8,13-15,25H,9-12H2,1-4H3,(H,20,24);(H,6,7)/t14-,15+;. The average molecular weight is 461 g/mol. The molecule has 0 aliphatic carbocycles. The summed E-state index contributed by atoms with van der Waals surface area (Å²) in [7, 11) is 0. The zero-order valence-corrected chi connectivity index (χ0v) is 18.5. The number of rotatable bonds is 5. The van der Waals surface area contributed by atoms with E-state index in [2.05, 4.69) is 32.6 Å². The molecule has 32 heavy (non-hydrogen) atoms. The van der Waals surface area contributed by atoms with E-state index in [0.29, 0.717) is 17.9 Å². The average Bonchev–Trinajstić information content (AvgIpc) is 2.66. The van der Waals surface area contributed by atoms with Gasteiger partial charge in [-0.25, -0.2) is 10.3 Å². The summed E-state index contributed by atoms with van der Waals surface area (Å²) >= 11 is 0. The van der Waals surface area contributed by atoms with E-state index in [0.717, 1.165) is 25.2 Å². The molecule has 0 aromatic heterocycles. The maximum absolute atomic E-state index is 12.5. The highest BCUT2D eigenvalue weighted by atomic mass is 19.4. The van der Waals surface area contributed by atoms with Crippen LogP contribution in [-0.4, -0.2) is 69.2 Å². The van der Waals surface area contributed by atoms with E-state index < -0.39 is 18.1 Å². The molecule has 1 aromatic carbocycles. The SMILES string of the molecule is CC(C)CC(=O)N1[C@H](C)CN(Cc2ccc(C(=O)NO)cc2)C[C@@H]1C.O=C(O)C(F)(F)F. The molecule has 11 heteroatoms. The number of nitrogens with zero attached hydrogens (tertiary/aromatic N) is 2. The molecule has 0 radical (unpaired) electrons. The number of carbonyl (C=O) groups excluding carboxylic acids is 2. The molecule has 2 rings (SSSR count). The van der Waals surface area contributed by atoms with E-state index in [1.807, 2.05) is 17.0 Å². The summed E-state index contributed by atoms with van der Waals surface area (Å²) < 4.78 is 31.7. The second-order valence-corrected chi connectivity index (χ2v) is 8.23. The van der Waals surface area contributed by atoms with Gasteiger partial charge in [-0.3, -0.25) is 19.7 Å². The number of aliphatic carboxylic acids is 1. The lowest BCUT2D eigenvalue weighted by atomic mass is 10.0. The van der Waals surface area contributed by atoms with Crippen LogP contribution in [0.5, 0.6) is 0 Å². The predicted octanol–water partition coefficient (Wildman–Crippen LogP) is 2.91. The number of nitrogens with one attached hydrogen (secondary N) is 1. The Morgan fingerprint density at radius 3 is 1.94 bits per heavy atom. The van der Waals surface area contributed by atoms with Crippen molar-refractivity contribution in [3.05, 3.63) is 35.4 Å². The molecule has 0 saturated carbocycles. The minimum Gasteiger partial charge on any atom is -0.475 e. The molecule has 1 saturated heterocycles. The number of benzene rings is 1. The summed E-state index contributed by atoms with van der Waals surface area (Å²) in [6, 6.07) is 7.59. The van der Waals surface area contributed by atoms with Crippen LogP contribution in [0.25, 0.3) is 0 Å². The molecule has 1 aromatic rings. The highest BCUT2D eigenvalue weighted by molar-refractivity contribution is 5.93. The Labute approximate surface area is 184 Å². The van der Waals surface area contributed by atoms with Crippen LogP contribution in [0.3, 0.4) is 0 Å². The van der Waals surface area contributed by atoms with Crippen molar-refractivity contribution in [1.82, 2.24) is 15.3 Å². The highest BCUT2D eigenvalue weighted by Crippen LogP contribution is 2.20. The summed E-state index contributed by atoms with van der Waals surface area (Å²) in [4.78, 5) is 37.1. The number of halogens is 3. The Balaban J connectivity index is 0.000000633. The first kappa shape index (κ1) is 27.4. The predicted molar refractivity (Wildman–Crippen MR) is 110 cm³/mol. The van der Waals surface area contributed by atoms with Crippen LogP contribution in [0.15, 0.2) is 24.3 Å². The van der Waals surface area contributed by atoms with Crippen LogP contribution >= 0.6 is 0 Å². The largest absolute Gasteiger partial charge is 0.490 e. The number of carboxylic acid groups (broad SMARTS) is 1. The van der Waals surface area contributed by atoms with E-state index in [4.69, 9.17) is 15.1 Å². The molecule has 0 unspecified atom stereocenters. The van der Waals surface area contributed by atoms with Gasteiger partial charge < -0.3 is 10.0 Å². The fourth-order valence-electron chi connectivity index (χ4n) is 3.59. The van der Waals surface area contributed by atoms with E-state index in [1.165, 1.54) is 0 Å². The van der Waals surface area contributed by atoms with Crippen molar-refractivity contribution in [3.63, 3.8) is 0 Å². The Morgan fingerprint density at radius 1 is 1.09 bits per heavy atom. The Hall–Kier alpha value is -2.66. The zero-order valence-electron chi connectivity index (χ0n) is 18.5. The van der Waals surface area contributed by atoms with E-state index in [9.17, 15) is 22.8 Å². The summed E-state index contributed by atoms with van der Waals surface area (Å²) in [6.07, 6.45) is -4.48. The number of alkyl halides is 3. The maximum Gasteiger partial charge on any atom is 0.490 e. The fraction of sp³-hybridized carbons (Fsp3) is 0.571. The van der Waals surface area contributed by atoms with Gasteiger partial charge in [-0.05, 0) is 37.5 Å². The van der Waals surface area contributed by atoms with Crippen LogP contribution in [-0.2, 0) is 16.1 Å². The van der Waals surface area contributed by atoms with Crippen LogP contribution in [0, 0.1) is 5.92 Å². The third-order valence-electron chi connectivity index (χ3n) is 4.83. The van der Waals surface area contributed by atoms with Crippen molar-refractivity contribution < 1.29 is 37.9 Å². The third kappa shape index (κ3) is 8.46. The topological polar surface area (TPSA) is 110 Å². The monoisotopic (exact) mass is 461 g/mol. The summed E-state index contributed by atoms with van der Waals surface area (Å²) in [5, 5.41) is 15.8. The number of carboxylic acids is 1. The van der Waals surface area contributed by atoms with Crippen molar-refractivity contribution in [1.29, 1.82) is 0 Å². The molecule has 2 atom stereocenters. The molecular weight excluding hydrogens is 431 g/mol. The lowest BCUT2D eigenvalue weighted by Gasteiger charge is -2.45. The summed E-state index contributed by atoms with van der Waals surface area (Å²) in [5.74, 6) is -2.65. The molecule has 0 spiro atoms. The second-order valence-electron chi connectivity index (χ2n) is 8.23. The van der Waals surface area contributed by atoms with Crippen LogP contribution in [0.1, 0.15) is 50.0 Å². The zero-order chi connectivity index (χ0) is 24.6. The van der Waals surface area contributed by atoms with E-state index in [1.54, 1.807) is 17.6 Å². The van der Waals surface area contributed by atoms with Crippen LogP contribution < -0.4 is 5.48 Å². The van der Waals surface area contributed by atoms with Crippen LogP contribution in [0.2, 0.25) is 0 Å². The van der Waals surface area contributed by atoms with Crippen LogP contribution in [0.4, 0.5) is 13.2 Å². The minimum atomic E-state index is -5.08. The van der Waals surface area contributed by atoms with Crippen molar-refractivity contribution in [3.8, 4) is 0 Å². The van der Waals surface area contributed by atoms with Gasteiger partial charge in [-0.1, -0.05) is 26.0 Å². The maximum atomic E-state index is 12.5. The van der Waals surface area contributed by atoms with Gasteiger partial charge >= 0.3 is 12.1 Å². The first-order valence-electron chi connectivity index (χ1n) is 10.1. The Kier molecular flexibility index (Phi) is 10.1. The minimum absolute atomic E-state index is 0.189. The quantitative estimate of drug-likeness (QED) is 0.460. The Bertz CT molecular complexity index is 772. The lowest BCUT2D eigenvalue weighted by molar-refractivity contribution is -0.192.